The van der Waals surface area contributed by atoms with Crippen LogP contribution in [0.4, 0.5) is 5.69 Å². The molecule has 1 aliphatic heterocycles. The quantitative estimate of drug-likeness (QED) is 0.757. The molecule has 2 aromatic carbocycles. The predicted molar refractivity (Wildman–Crippen MR) is 119 cm³/mol. The van der Waals surface area contributed by atoms with Gasteiger partial charge in [0.25, 0.3) is 5.91 Å². The number of rotatable bonds is 5. The Hall–Kier alpha value is -3.54. The molecule has 0 unspecified atom stereocenters. The SMILES string of the molecule is COc1cccc([C@@H]2C(C(=O)Nc3ccccc3OC)=C(C)NC3=C2C(=O)CCC3)c1. The summed E-state index contributed by atoms with van der Waals surface area (Å²) >= 11 is 0. The Kier molecular flexibility index (Phi) is 5.80. The Morgan fingerprint density at radius 2 is 1.87 bits per heavy atom. The molecule has 2 N–H and O–H groups in total. The highest BCUT2D eigenvalue weighted by molar-refractivity contribution is 6.10. The van der Waals surface area contributed by atoms with Gasteiger partial charge in [-0.05, 0) is 49.6 Å². The predicted octanol–water partition coefficient (Wildman–Crippen LogP) is 4.31. The van der Waals surface area contributed by atoms with Gasteiger partial charge < -0.3 is 20.1 Å². The molecule has 160 valence electrons. The molecule has 0 radical (unpaired) electrons. The first-order chi connectivity index (χ1) is 15.0. The summed E-state index contributed by atoms with van der Waals surface area (Å²) in [6.07, 6.45) is 2.09. The third-order valence-electron chi connectivity index (χ3n) is 5.80. The van der Waals surface area contributed by atoms with Crippen LogP contribution in [0.25, 0.3) is 0 Å². The number of hydrogen-bond donors (Lipinski definition) is 2. The normalized spacial score (nSPS) is 18.3. The maximum Gasteiger partial charge on any atom is 0.254 e. The van der Waals surface area contributed by atoms with Crippen molar-refractivity contribution in [2.75, 3.05) is 19.5 Å². The van der Waals surface area contributed by atoms with Gasteiger partial charge in [0.1, 0.15) is 11.5 Å². The van der Waals surface area contributed by atoms with E-state index in [1.807, 2.05) is 43.3 Å². The van der Waals surface area contributed by atoms with Gasteiger partial charge in [0.2, 0.25) is 0 Å². The van der Waals surface area contributed by atoms with Crippen LogP contribution in [0.3, 0.4) is 0 Å². The molecular formula is C25H26N2O4. The summed E-state index contributed by atoms with van der Waals surface area (Å²) in [5, 5.41) is 6.31. The fourth-order valence-electron chi connectivity index (χ4n) is 4.38. The van der Waals surface area contributed by atoms with Gasteiger partial charge in [0.05, 0.1) is 19.9 Å². The molecule has 0 saturated carbocycles. The first-order valence-electron chi connectivity index (χ1n) is 10.4. The molecule has 0 fully saturated rings. The van der Waals surface area contributed by atoms with Crippen molar-refractivity contribution in [2.45, 2.75) is 32.1 Å². The number of ketones is 1. The minimum Gasteiger partial charge on any atom is -0.497 e. The number of methoxy groups -OCH3 is 2. The number of carbonyl (C=O) groups excluding carboxylic acids is 2. The summed E-state index contributed by atoms with van der Waals surface area (Å²) in [5.41, 5.74) is 4.29. The molecular weight excluding hydrogens is 392 g/mol. The minimum atomic E-state index is -0.464. The summed E-state index contributed by atoms with van der Waals surface area (Å²) in [7, 11) is 3.17. The molecule has 2 aliphatic rings. The zero-order chi connectivity index (χ0) is 22.0. The lowest BCUT2D eigenvalue weighted by Crippen LogP contribution is -2.35. The Balaban J connectivity index is 1.80. The van der Waals surface area contributed by atoms with Crippen LogP contribution in [0.2, 0.25) is 0 Å². The molecule has 1 heterocycles. The molecule has 6 heteroatoms. The lowest BCUT2D eigenvalue weighted by atomic mass is 9.75. The van der Waals surface area contributed by atoms with Crippen LogP contribution in [-0.4, -0.2) is 25.9 Å². The van der Waals surface area contributed by atoms with Gasteiger partial charge in [-0.2, -0.15) is 0 Å². The number of allylic oxidation sites excluding steroid dienone is 3. The Labute approximate surface area is 181 Å². The van der Waals surface area contributed by atoms with Crippen LogP contribution in [0.15, 0.2) is 71.1 Å². The van der Waals surface area contributed by atoms with Crippen molar-refractivity contribution in [2.24, 2.45) is 0 Å². The number of benzene rings is 2. The fourth-order valence-corrected chi connectivity index (χ4v) is 4.38. The molecule has 1 atom stereocenters. The zero-order valence-corrected chi connectivity index (χ0v) is 18.0. The molecule has 0 aromatic heterocycles. The van der Waals surface area contributed by atoms with Gasteiger partial charge in [-0.15, -0.1) is 0 Å². The summed E-state index contributed by atoms with van der Waals surface area (Å²) < 4.78 is 10.8. The number of amides is 1. The van der Waals surface area contributed by atoms with E-state index in [9.17, 15) is 9.59 Å². The van der Waals surface area contributed by atoms with Crippen molar-refractivity contribution >= 4 is 17.4 Å². The second-order valence-electron chi connectivity index (χ2n) is 7.70. The molecule has 1 amide bonds. The fraction of sp³-hybridized carbons (Fsp3) is 0.280. The van der Waals surface area contributed by atoms with Gasteiger partial charge in [0.15, 0.2) is 5.78 Å². The molecule has 0 bridgehead atoms. The standard InChI is InChI=1S/C25H26N2O4/c1-15-22(25(29)27-18-10-4-5-13-21(18)31-3)23(16-8-6-9-17(14-16)30-2)24-19(26-15)11-7-12-20(24)28/h4-6,8-10,13-14,23,26H,7,11-12H2,1-3H3,(H,27,29)/t23-/m1/s1. The molecule has 2 aromatic rings. The van der Waals surface area contributed by atoms with Crippen molar-refractivity contribution in [1.82, 2.24) is 5.32 Å². The lowest BCUT2D eigenvalue weighted by molar-refractivity contribution is -0.116. The largest absolute Gasteiger partial charge is 0.497 e. The van der Waals surface area contributed by atoms with Crippen LogP contribution < -0.4 is 20.1 Å². The van der Waals surface area contributed by atoms with Gasteiger partial charge in [0, 0.05) is 34.9 Å². The van der Waals surface area contributed by atoms with Crippen molar-refractivity contribution < 1.29 is 19.1 Å². The van der Waals surface area contributed by atoms with Crippen LogP contribution >= 0.6 is 0 Å². The van der Waals surface area contributed by atoms with Crippen molar-refractivity contribution in [1.29, 1.82) is 0 Å². The Morgan fingerprint density at radius 3 is 2.65 bits per heavy atom. The van der Waals surface area contributed by atoms with Gasteiger partial charge in [-0.3, -0.25) is 9.59 Å². The number of ether oxygens (including phenoxy) is 2. The Bertz CT molecular complexity index is 1100. The smallest absolute Gasteiger partial charge is 0.254 e. The maximum atomic E-state index is 13.5. The lowest BCUT2D eigenvalue weighted by Gasteiger charge is -2.34. The van der Waals surface area contributed by atoms with E-state index in [0.29, 0.717) is 34.8 Å². The number of hydrogen-bond acceptors (Lipinski definition) is 5. The van der Waals surface area contributed by atoms with E-state index in [4.69, 9.17) is 9.47 Å². The third kappa shape index (κ3) is 3.93. The highest BCUT2D eigenvalue weighted by atomic mass is 16.5. The highest BCUT2D eigenvalue weighted by Crippen LogP contribution is 2.43. The van der Waals surface area contributed by atoms with E-state index in [2.05, 4.69) is 10.6 Å². The average molecular weight is 418 g/mol. The first kappa shape index (κ1) is 20.7. The first-order valence-corrected chi connectivity index (χ1v) is 10.4. The number of Topliss-reactive ketones (excluding diaryl/α,β-unsaturated/α-hetero) is 1. The van der Waals surface area contributed by atoms with Crippen LogP contribution in [0.1, 0.15) is 37.7 Å². The van der Waals surface area contributed by atoms with E-state index < -0.39 is 5.92 Å². The summed E-state index contributed by atoms with van der Waals surface area (Å²) in [5.74, 6) is 0.603. The molecule has 6 nitrogen and oxygen atoms in total. The molecule has 0 saturated heterocycles. The molecule has 31 heavy (non-hydrogen) atoms. The van der Waals surface area contributed by atoms with E-state index in [1.54, 1.807) is 26.4 Å². The monoisotopic (exact) mass is 418 g/mol. The molecule has 0 spiro atoms. The minimum absolute atomic E-state index is 0.0802. The molecule has 4 rings (SSSR count). The van der Waals surface area contributed by atoms with Crippen LogP contribution in [0.5, 0.6) is 11.5 Å². The maximum absolute atomic E-state index is 13.5. The van der Waals surface area contributed by atoms with E-state index in [-0.39, 0.29) is 11.7 Å². The van der Waals surface area contributed by atoms with Crippen molar-refractivity contribution in [3.05, 3.63) is 76.6 Å². The number of carbonyl (C=O) groups is 2. The topological polar surface area (TPSA) is 76.7 Å². The zero-order valence-electron chi connectivity index (χ0n) is 18.0. The summed E-state index contributed by atoms with van der Waals surface area (Å²) in [6.45, 7) is 1.88. The second kappa shape index (κ2) is 8.68. The van der Waals surface area contributed by atoms with Crippen molar-refractivity contribution in [3.63, 3.8) is 0 Å². The highest BCUT2D eigenvalue weighted by Gasteiger charge is 2.38. The molecule has 1 aliphatic carbocycles. The summed E-state index contributed by atoms with van der Waals surface area (Å²) in [6, 6.07) is 14.8. The van der Waals surface area contributed by atoms with Crippen LogP contribution in [0, 0.1) is 0 Å². The third-order valence-corrected chi connectivity index (χ3v) is 5.80. The van der Waals surface area contributed by atoms with Gasteiger partial charge in [-0.25, -0.2) is 0 Å². The number of para-hydroxylation sites is 2. The van der Waals surface area contributed by atoms with Crippen molar-refractivity contribution in [3.8, 4) is 11.5 Å². The summed E-state index contributed by atoms with van der Waals surface area (Å²) in [4.78, 5) is 26.5. The van der Waals surface area contributed by atoms with E-state index in [1.165, 1.54) is 0 Å². The Morgan fingerprint density at radius 1 is 1.06 bits per heavy atom. The van der Waals surface area contributed by atoms with E-state index in [0.717, 1.165) is 29.8 Å². The van der Waals surface area contributed by atoms with E-state index >= 15 is 0 Å². The average Bonchev–Trinajstić information content (AvgIpc) is 2.78. The van der Waals surface area contributed by atoms with Gasteiger partial charge in [-0.1, -0.05) is 24.3 Å². The van der Waals surface area contributed by atoms with Gasteiger partial charge >= 0.3 is 0 Å². The van der Waals surface area contributed by atoms with Crippen LogP contribution in [-0.2, 0) is 9.59 Å². The number of anilines is 1. The second-order valence-corrected chi connectivity index (χ2v) is 7.70. The number of nitrogens with one attached hydrogen (secondary N) is 2. The number of dihydropyridines is 1.